The molecule has 0 aromatic heterocycles. The van der Waals surface area contributed by atoms with Crippen LogP contribution in [-0.2, 0) is 4.74 Å². The molecule has 0 aromatic rings. The van der Waals surface area contributed by atoms with Crippen LogP contribution in [0.15, 0.2) is 0 Å². The highest BCUT2D eigenvalue weighted by Gasteiger charge is 2.15. The molecule has 0 atom stereocenters. The van der Waals surface area contributed by atoms with E-state index in [0.29, 0.717) is 0 Å². The summed E-state index contributed by atoms with van der Waals surface area (Å²) in [6.07, 6.45) is 3.79. The Balaban J connectivity index is 3.26. The van der Waals surface area contributed by atoms with Gasteiger partial charge in [-0.2, -0.15) is 0 Å². The minimum Gasteiger partial charge on any atom is -0.375 e. The zero-order valence-corrected chi connectivity index (χ0v) is 11.0. The third-order valence-electron chi connectivity index (χ3n) is 1.99. The van der Waals surface area contributed by atoms with Crippen LogP contribution in [0.5, 0.6) is 0 Å². The maximum Gasteiger partial charge on any atom is 0.0722 e. The van der Waals surface area contributed by atoms with Crippen molar-refractivity contribution in [2.45, 2.75) is 52.6 Å². The van der Waals surface area contributed by atoms with Gasteiger partial charge in [-0.1, -0.05) is 42.6 Å². The number of halogens is 1. The lowest BCUT2D eigenvalue weighted by molar-refractivity contribution is -0.000326. The second kappa shape index (κ2) is 6.83. The van der Waals surface area contributed by atoms with Gasteiger partial charge in [0.2, 0.25) is 0 Å². The average molecular weight is 251 g/mol. The number of unbranched alkanes of at least 4 members (excludes halogenated alkanes) is 1. The van der Waals surface area contributed by atoms with Crippen LogP contribution in [0.3, 0.4) is 0 Å². The highest BCUT2D eigenvalue weighted by atomic mass is 79.9. The van der Waals surface area contributed by atoms with Crippen molar-refractivity contribution in [3.8, 4) is 0 Å². The van der Waals surface area contributed by atoms with Crippen LogP contribution in [0.4, 0.5) is 0 Å². The zero-order valence-electron chi connectivity index (χ0n) is 9.40. The Labute approximate surface area is 91.4 Å². The number of alkyl halides is 1. The fourth-order valence-electron chi connectivity index (χ4n) is 1.04. The lowest BCUT2D eigenvalue weighted by Gasteiger charge is -2.22. The monoisotopic (exact) mass is 250 g/mol. The van der Waals surface area contributed by atoms with E-state index in [9.17, 15) is 0 Å². The summed E-state index contributed by atoms with van der Waals surface area (Å²) in [4.78, 5) is 0. The molecule has 0 N–H and O–H groups in total. The highest BCUT2D eigenvalue weighted by molar-refractivity contribution is 9.09. The average Bonchev–Trinajstić information content (AvgIpc) is 2.03. The van der Waals surface area contributed by atoms with Crippen molar-refractivity contribution in [2.75, 3.05) is 11.9 Å². The Kier molecular flexibility index (Phi) is 7.06. The first-order valence-electron chi connectivity index (χ1n) is 5.18. The molecule has 0 aliphatic carbocycles. The summed E-state index contributed by atoms with van der Waals surface area (Å²) in [5.41, 5.74) is -0.00215. The van der Waals surface area contributed by atoms with Gasteiger partial charge in [-0.3, -0.25) is 0 Å². The summed E-state index contributed by atoms with van der Waals surface area (Å²) >= 11 is 3.44. The van der Waals surface area contributed by atoms with Gasteiger partial charge in [0.1, 0.15) is 0 Å². The second-order valence-corrected chi connectivity index (χ2v) is 5.19. The van der Waals surface area contributed by atoms with Crippen LogP contribution < -0.4 is 0 Å². The van der Waals surface area contributed by atoms with Crippen LogP contribution >= 0.6 is 15.9 Å². The van der Waals surface area contributed by atoms with Crippen LogP contribution in [0.2, 0.25) is 0 Å². The van der Waals surface area contributed by atoms with Crippen molar-refractivity contribution in [1.82, 2.24) is 0 Å². The van der Waals surface area contributed by atoms with E-state index in [2.05, 4.69) is 43.6 Å². The number of ether oxygens (including phenoxy) is 1. The van der Waals surface area contributed by atoms with Gasteiger partial charge in [-0.15, -0.1) is 0 Å². The minimum atomic E-state index is -0.00215. The molecule has 0 saturated carbocycles. The summed E-state index contributed by atoms with van der Waals surface area (Å²) in [5.74, 6) is 0.823. The molecule has 0 aromatic carbocycles. The van der Waals surface area contributed by atoms with E-state index >= 15 is 0 Å². The van der Waals surface area contributed by atoms with Gasteiger partial charge in [0.05, 0.1) is 5.60 Å². The van der Waals surface area contributed by atoms with E-state index < -0.39 is 0 Å². The maximum absolute atomic E-state index is 5.71. The Hall–Kier alpha value is 0.440. The Morgan fingerprint density at radius 1 is 1.23 bits per heavy atom. The van der Waals surface area contributed by atoms with Crippen molar-refractivity contribution in [1.29, 1.82) is 0 Å². The van der Waals surface area contributed by atoms with Gasteiger partial charge in [0, 0.05) is 11.9 Å². The van der Waals surface area contributed by atoms with Crippen LogP contribution in [0.25, 0.3) is 0 Å². The third-order valence-corrected chi connectivity index (χ3v) is 3.34. The van der Waals surface area contributed by atoms with Crippen LogP contribution in [0, 0.1) is 5.92 Å². The van der Waals surface area contributed by atoms with Gasteiger partial charge in [-0.25, -0.2) is 0 Å². The van der Waals surface area contributed by atoms with E-state index in [4.69, 9.17) is 4.74 Å². The molecule has 0 unspecified atom stereocenters. The minimum absolute atomic E-state index is 0.00215. The maximum atomic E-state index is 5.71. The molecule has 0 spiro atoms. The molecule has 0 fully saturated rings. The molecule has 0 aliphatic rings. The molecule has 0 bridgehead atoms. The van der Waals surface area contributed by atoms with Crippen molar-refractivity contribution in [3.63, 3.8) is 0 Å². The molecule has 0 amide bonds. The molecule has 1 nitrogen and oxygen atoms in total. The largest absolute Gasteiger partial charge is 0.375 e. The molecular weight excluding hydrogens is 228 g/mol. The smallest absolute Gasteiger partial charge is 0.0722 e. The summed E-state index contributed by atoms with van der Waals surface area (Å²) < 4.78 is 5.71. The van der Waals surface area contributed by atoms with Crippen molar-refractivity contribution < 1.29 is 4.74 Å². The second-order valence-electron chi connectivity index (χ2n) is 4.63. The molecule has 0 aliphatic heterocycles. The molecule has 2 heteroatoms. The standard InChI is InChI=1S/C11H23BrO/c1-10(2)7-5-6-8-13-11(3,4)9-12/h10H,5-9H2,1-4H3. The lowest BCUT2D eigenvalue weighted by Crippen LogP contribution is -2.26. The molecule has 0 heterocycles. The quantitative estimate of drug-likeness (QED) is 0.491. The normalized spacial score (nSPS) is 12.5. The molecule has 13 heavy (non-hydrogen) atoms. The van der Waals surface area contributed by atoms with Crippen molar-refractivity contribution >= 4 is 15.9 Å². The number of hydrogen-bond donors (Lipinski definition) is 0. The summed E-state index contributed by atoms with van der Waals surface area (Å²) in [5, 5.41) is 0.907. The Bertz CT molecular complexity index is 121. The Morgan fingerprint density at radius 2 is 1.85 bits per heavy atom. The fraction of sp³-hybridized carbons (Fsp3) is 1.00. The lowest BCUT2D eigenvalue weighted by atomic mass is 10.1. The highest BCUT2D eigenvalue weighted by Crippen LogP contribution is 2.14. The molecule has 0 radical (unpaired) electrons. The summed E-state index contributed by atoms with van der Waals surface area (Å²) in [6.45, 7) is 9.66. The van der Waals surface area contributed by atoms with Gasteiger partial charge in [0.15, 0.2) is 0 Å². The Morgan fingerprint density at radius 3 is 2.31 bits per heavy atom. The summed E-state index contributed by atoms with van der Waals surface area (Å²) in [6, 6.07) is 0. The molecule has 0 rings (SSSR count). The van der Waals surface area contributed by atoms with Crippen LogP contribution in [0.1, 0.15) is 47.0 Å². The fourth-order valence-corrected chi connectivity index (χ4v) is 1.20. The molecular formula is C11H23BrO. The van der Waals surface area contributed by atoms with Crippen molar-refractivity contribution in [2.24, 2.45) is 5.92 Å². The van der Waals surface area contributed by atoms with E-state index in [1.165, 1.54) is 19.3 Å². The molecule has 0 saturated heterocycles. The number of hydrogen-bond acceptors (Lipinski definition) is 1. The predicted molar refractivity (Wildman–Crippen MR) is 62.5 cm³/mol. The third kappa shape index (κ3) is 8.76. The SMILES string of the molecule is CC(C)CCCCOC(C)(C)CBr. The first kappa shape index (κ1) is 13.4. The molecule has 80 valence electrons. The number of rotatable bonds is 7. The first-order chi connectivity index (χ1) is 5.98. The van der Waals surface area contributed by atoms with Gasteiger partial charge in [0.25, 0.3) is 0 Å². The first-order valence-corrected chi connectivity index (χ1v) is 6.30. The van der Waals surface area contributed by atoms with Crippen LogP contribution in [-0.4, -0.2) is 17.5 Å². The van der Waals surface area contributed by atoms with Gasteiger partial charge < -0.3 is 4.74 Å². The predicted octanol–water partition coefficient (Wildman–Crippen LogP) is 4.00. The van der Waals surface area contributed by atoms with Gasteiger partial charge in [-0.05, 0) is 26.2 Å². The van der Waals surface area contributed by atoms with E-state index in [1.807, 2.05) is 0 Å². The topological polar surface area (TPSA) is 9.23 Å². The van der Waals surface area contributed by atoms with E-state index in [1.54, 1.807) is 0 Å². The zero-order chi connectivity index (χ0) is 10.3. The van der Waals surface area contributed by atoms with Crippen molar-refractivity contribution in [3.05, 3.63) is 0 Å². The van der Waals surface area contributed by atoms with E-state index in [-0.39, 0.29) is 5.60 Å². The summed E-state index contributed by atoms with van der Waals surface area (Å²) in [7, 11) is 0. The van der Waals surface area contributed by atoms with Gasteiger partial charge >= 0.3 is 0 Å². The van der Waals surface area contributed by atoms with E-state index in [0.717, 1.165) is 17.9 Å².